The summed E-state index contributed by atoms with van der Waals surface area (Å²) in [5.41, 5.74) is 7.10. The van der Waals surface area contributed by atoms with Crippen LogP contribution in [0, 0.1) is 5.92 Å². The van der Waals surface area contributed by atoms with E-state index in [0.29, 0.717) is 12.0 Å². The summed E-state index contributed by atoms with van der Waals surface area (Å²) < 4.78 is 0. The normalized spacial score (nSPS) is 14.6. The molecule has 0 heterocycles. The van der Waals surface area contributed by atoms with Crippen molar-refractivity contribution in [3.8, 4) is 0 Å². The molecule has 7 N–H and O–H groups in total. The Balaban J connectivity index is 2.26. The van der Waals surface area contributed by atoms with E-state index in [0.717, 1.165) is 5.56 Å². The number of carboxylic acids is 2. The van der Waals surface area contributed by atoms with Crippen LogP contribution in [0.1, 0.15) is 37.8 Å². The van der Waals surface area contributed by atoms with Gasteiger partial charge in [0.05, 0.1) is 12.5 Å². The van der Waals surface area contributed by atoms with Crippen LogP contribution in [0.5, 0.6) is 0 Å². The number of carboxylic acid groups (broad SMARTS) is 2. The molecule has 0 saturated heterocycles. The third kappa shape index (κ3) is 10.2. The molecule has 0 fully saturated rings. The zero-order chi connectivity index (χ0) is 28.9. The van der Waals surface area contributed by atoms with Crippen molar-refractivity contribution in [1.82, 2.24) is 16.0 Å². The molecule has 0 radical (unpaired) electrons. The van der Waals surface area contributed by atoms with Crippen LogP contribution in [-0.4, -0.2) is 64.0 Å². The Bertz CT molecular complexity index is 1130. The van der Waals surface area contributed by atoms with E-state index < -0.39 is 60.2 Å². The second-order valence-electron chi connectivity index (χ2n) is 9.42. The second-order valence-corrected chi connectivity index (χ2v) is 9.42. The minimum absolute atomic E-state index is 0.0426. The molecule has 39 heavy (non-hydrogen) atoms. The Hall–Kier alpha value is -4.25. The number of hydrogen-bond acceptors (Lipinski definition) is 6. The molecule has 11 heteroatoms. The Morgan fingerprint density at radius 3 is 1.69 bits per heavy atom. The molecule has 0 aromatic heterocycles. The lowest BCUT2D eigenvalue weighted by atomic mass is 9.96. The first-order chi connectivity index (χ1) is 18.5. The number of carbonyl (C=O) groups excluding carboxylic acids is 3. The number of rotatable bonds is 15. The summed E-state index contributed by atoms with van der Waals surface area (Å²) in [5, 5.41) is 26.4. The van der Waals surface area contributed by atoms with Gasteiger partial charge in [0.1, 0.15) is 18.1 Å². The van der Waals surface area contributed by atoms with Gasteiger partial charge in [0.2, 0.25) is 17.7 Å². The highest BCUT2D eigenvalue weighted by atomic mass is 16.4. The Labute approximate surface area is 227 Å². The quantitative estimate of drug-likeness (QED) is 0.192. The van der Waals surface area contributed by atoms with E-state index in [-0.39, 0.29) is 18.8 Å². The van der Waals surface area contributed by atoms with E-state index in [9.17, 15) is 29.1 Å². The molecule has 11 nitrogen and oxygen atoms in total. The van der Waals surface area contributed by atoms with Crippen LogP contribution < -0.4 is 21.7 Å². The summed E-state index contributed by atoms with van der Waals surface area (Å²) in [6.45, 7) is 3.53. The molecular formula is C28H36N4O7. The van der Waals surface area contributed by atoms with E-state index in [2.05, 4.69) is 16.0 Å². The van der Waals surface area contributed by atoms with Crippen molar-refractivity contribution in [1.29, 1.82) is 0 Å². The number of benzene rings is 2. The molecule has 5 atom stereocenters. The van der Waals surface area contributed by atoms with Gasteiger partial charge >= 0.3 is 11.9 Å². The topological polar surface area (TPSA) is 188 Å². The van der Waals surface area contributed by atoms with E-state index in [1.807, 2.05) is 6.92 Å². The van der Waals surface area contributed by atoms with E-state index in [1.165, 1.54) is 0 Å². The second kappa shape index (κ2) is 15.2. The van der Waals surface area contributed by atoms with Gasteiger partial charge in [-0.25, -0.2) is 4.79 Å². The molecule has 0 aliphatic heterocycles. The van der Waals surface area contributed by atoms with Crippen molar-refractivity contribution in [3.63, 3.8) is 0 Å². The van der Waals surface area contributed by atoms with Gasteiger partial charge < -0.3 is 31.9 Å². The molecule has 5 unspecified atom stereocenters. The van der Waals surface area contributed by atoms with Crippen molar-refractivity contribution in [2.24, 2.45) is 11.7 Å². The number of aliphatic carboxylic acids is 2. The fraction of sp³-hybridized carbons (Fsp3) is 0.393. The van der Waals surface area contributed by atoms with Crippen LogP contribution in [0.15, 0.2) is 60.7 Å². The van der Waals surface area contributed by atoms with E-state index in [1.54, 1.807) is 67.6 Å². The minimum Gasteiger partial charge on any atom is -0.481 e. The molecule has 0 spiro atoms. The summed E-state index contributed by atoms with van der Waals surface area (Å²) in [4.78, 5) is 62.1. The molecule has 0 bridgehead atoms. The fourth-order valence-corrected chi connectivity index (χ4v) is 3.89. The standard InChI is InChI=1S/C28H36N4O7/c1-3-17(2)24(32-25(35)20(29)16-23(33)34)27(37)30-21(14-18-10-6-4-7-11-18)26(36)31-22(28(38)39)15-19-12-8-5-9-13-19/h4-13,17,20-22,24H,3,14-16,29H2,1-2H3,(H,30,37)(H,31,36)(H,32,35)(H,33,34)(H,38,39). The SMILES string of the molecule is CCC(C)C(NC(=O)C(N)CC(=O)O)C(=O)NC(Cc1ccccc1)C(=O)NC(Cc1ccccc1)C(=O)O. The van der Waals surface area contributed by atoms with Gasteiger partial charge in [0.15, 0.2) is 0 Å². The van der Waals surface area contributed by atoms with Gasteiger partial charge in [0.25, 0.3) is 0 Å². The van der Waals surface area contributed by atoms with Crippen molar-refractivity contribution in [2.75, 3.05) is 0 Å². The highest BCUT2D eigenvalue weighted by Crippen LogP contribution is 2.11. The zero-order valence-corrected chi connectivity index (χ0v) is 22.0. The third-order valence-corrected chi connectivity index (χ3v) is 6.34. The number of hydrogen-bond donors (Lipinski definition) is 6. The number of amides is 3. The molecule has 3 amide bonds. The maximum Gasteiger partial charge on any atom is 0.326 e. The Kier molecular flexibility index (Phi) is 12.1. The molecule has 2 aromatic rings. The molecular weight excluding hydrogens is 504 g/mol. The molecule has 0 aliphatic carbocycles. The van der Waals surface area contributed by atoms with Gasteiger partial charge in [-0.2, -0.15) is 0 Å². The summed E-state index contributed by atoms with van der Waals surface area (Å²) >= 11 is 0. The summed E-state index contributed by atoms with van der Waals surface area (Å²) in [6.07, 6.45) is -0.0192. The number of nitrogens with one attached hydrogen (secondary N) is 3. The van der Waals surface area contributed by atoms with Gasteiger partial charge in [-0.05, 0) is 17.0 Å². The lowest BCUT2D eigenvalue weighted by Gasteiger charge is -2.28. The average Bonchev–Trinajstić information content (AvgIpc) is 2.90. The van der Waals surface area contributed by atoms with E-state index >= 15 is 0 Å². The highest BCUT2D eigenvalue weighted by Gasteiger charge is 2.33. The van der Waals surface area contributed by atoms with Crippen LogP contribution >= 0.6 is 0 Å². The van der Waals surface area contributed by atoms with Crippen molar-refractivity contribution in [2.45, 2.75) is 63.7 Å². The summed E-state index contributed by atoms with van der Waals surface area (Å²) in [7, 11) is 0. The number of nitrogens with two attached hydrogens (primary N) is 1. The Morgan fingerprint density at radius 2 is 1.23 bits per heavy atom. The smallest absolute Gasteiger partial charge is 0.326 e. The van der Waals surface area contributed by atoms with Gasteiger partial charge in [-0.1, -0.05) is 80.9 Å². The lowest BCUT2D eigenvalue weighted by molar-refractivity contribution is -0.142. The zero-order valence-electron chi connectivity index (χ0n) is 22.0. The molecule has 0 saturated carbocycles. The predicted molar refractivity (Wildman–Crippen MR) is 143 cm³/mol. The van der Waals surface area contributed by atoms with Crippen molar-refractivity contribution >= 4 is 29.7 Å². The van der Waals surface area contributed by atoms with Crippen LogP contribution in [-0.2, 0) is 36.8 Å². The molecule has 0 aliphatic rings. The van der Waals surface area contributed by atoms with Crippen LogP contribution in [0.25, 0.3) is 0 Å². The average molecular weight is 541 g/mol. The molecule has 210 valence electrons. The van der Waals surface area contributed by atoms with Crippen LogP contribution in [0.3, 0.4) is 0 Å². The summed E-state index contributed by atoms with van der Waals surface area (Å²) in [5.74, 6) is -5.05. The summed E-state index contributed by atoms with van der Waals surface area (Å²) in [6, 6.07) is 12.8. The van der Waals surface area contributed by atoms with Crippen LogP contribution in [0.4, 0.5) is 0 Å². The van der Waals surface area contributed by atoms with Crippen LogP contribution in [0.2, 0.25) is 0 Å². The maximum absolute atomic E-state index is 13.4. The predicted octanol–water partition coefficient (Wildman–Crippen LogP) is 0.859. The first-order valence-electron chi connectivity index (χ1n) is 12.7. The first kappa shape index (κ1) is 31.0. The molecule has 2 rings (SSSR count). The largest absolute Gasteiger partial charge is 0.481 e. The highest BCUT2D eigenvalue weighted by molar-refractivity contribution is 5.95. The fourth-order valence-electron chi connectivity index (χ4n) is 3.89. The van der Waals surface area contributed by atoms with Crippen molar-refractivity contribution < 1.29 is 34.2 Å². The van der Waals surface area contributed by atoms with Gasteiger partial charge in [-0.3, -0.25) is 19.2 Å². The first-order valence-corrected chi connectivity index (χ1v) is 12.7. The van der Waals surface area contributed by atoms with E-state index in [4.69, 9.17) is 10.8 Å². The molecule has 2 aromatic carbocycles. The maximum atomic E-state index is 13.4. The third-order valence-electron chi connectivity index (χ3n) is 6.34. The minimum atomic E-state index is -1.36. The van der Waals surface area contributed by atoms with Gasteiger partial charge in [0, 0.05) is 12.8 Å². The lowest BCUT2D eigenvalue weighted by Crippen LogP contribution is -2.59. The Morgan fingerprint density at radius 1 is 0.744 bits per heavy atom. The van der Waals surface area contributed by atoms with Gasteiger partial charge in [-0.15, -0.1) is 0 Å². The monoisotopic (exact) mass is 540 g/mol. The number of carbonyl (C=O) groups is 5. The van der Waals surface area contributed by atoms with Crippen molar-refractivity contribution in [3.05, 3.63) is 71.8 Å².